The van der Waals surface area contributed by atoms with Crippen LogP contribution in [0.4, 0.5) is 0 Å². The van der Waals surface area contributed by atoms with Crippen molar-refractivity contribution in [2.75, 3.05) is 0 Å². The average molecular weight is 607 g/mol. The second-order valence-corrected chi connectivity index (χ2v) is 13.1. The lowest BCUT2D eigenvalue weighted by atomic mass is 9.96. The third kappa shape index (κ3) is 4.62. The molecule has 0 spiro atoms. The normalized spacial score (nSPS) is 11.8. The Morgan fingerprint density at radius 2 is 0.229 bits per heavy atom. The highest BCUT2D eigenvalue weighted by Crippen LogP contribution is 2.33. The first kappa shape index (κ1) is 26.9. The van der Waals surface area contributed by atoms with Gasteiger partial charge in [0.1, 0.15) is 0 Å². The van der Waals surface area contributed by atoms with E-state index in [1.165, 1.54) is 97.0 Å². The van der Waals surface area contributed by atoms with Crippen LogP contribution in [-0.2, 0) is 0 Å². The van der Waals surface area contributed by atoms with E-state index >= 15 is 0 Å². The summed E-state index contributed by atoms with van der Waals surface area (Å²) in [5.41, 5.74) is 0. The highest BCUT2D eigenvalue weighted by molar-refractivity contribution is 6.11. The molecule has 0 aromatic heterocycles. The molecular weight excluding hydrogens is 577 g/mol. The Bertz CT molecular complexity index is 2650. The predicted octanol–water partition coefficient (Wildman–Crippen LogP) is 13.8. The van der Waals surface area contributed by atoms with E-state index in [-0.39, 0.29) is 0 Å². The molecule has 0 aliphatic rings. The van der Waals surface area contributed by atoms with Crippen molar-refractivity contribution in [2.24, 2.45) is 0 Å². The summed E-state index contributed by atoms with van der Waals surface area (Å²) >= 11 is 0. The zero-order chi connectivity index (χ0) is 31.6. The topological polar surface area (TPSA) is 0 Å². The Morgan fingerprint density at radius 3 is 0.354 bits per heavy atom. The molecule has 48 heavy (non-hydrogen) atoms. The Labute approximate surface area is 278 Å². The zero-order valence-corrected chi connectivity index (χ0v) is 26.3. The predicted molar refractivity (Wildman–Crippen MR) is 210 cm³/mol. The summed E-state index contributed by atoms with van der Waals surface area (Å²) in [5, 5.41) is 23.4. The summed E-state index contributed by atoms with van der Waals surface area (Å²) in [7, 11) is 0. The molecule has 0 heteroatoms. The first-order valence-corrected chi connectivity index (χ1v) is 16.6. The SMILES string of the molecule is c1ccc2cc3cc4cc5cc6ccccc6cc5cc4cc3cc2c1.c1ccc2cc3cc4cc5ccccc5cc4cc3cc2c1. The van der Waals surface area contributed by atoms with Crippen LogP contribution in [0.15, 0.2) is 182 Å². The van der Waals surface area contributed by atoms with Gasteiger partial charge in [-0.2, -0.15) is 0 Å². The molecule has 0 radical (unpaired) electrons. The summed E-state index contributed by atoms with van der Waals surface area (Å²) in [5.74, 6) is 0. The van der Waals surface area contributed by atoms with Crippen LogP contribution in [0.5, 0.6) is 0 Å². The Kier molecular flexibility index (Phi) is 5.98. The van der Waals surface area contributed by atoms with Crippen LogP contribution in [-0.4, -0.2) is 0 Å². The number of hydrogen-bond donors (Lipinski definition) is 0. The third-order valence-electron chi connectivity index (χ3n) is 10.0. The van der Waals surface area contributed by atoms with Crippen LogP contribution in [0.25, 0.3) is 97.0 Å². The fraction of sp³-hybridized carbons (Fsp3) is 0. The van der Waals surface area contributed by atoms with Crippen LogP contribution >= 0.6 is 0 Å². The van der Waals surface area contributed by atoms with Crippen molar-refractivity contribution >= 4 is 97.0 Å². The molecule has 11 rings (SSSR count). The summed E-state index contributed by atoms with van der Waals surface area (Å²) in [4.78, 5) is 0. The van der Waals surface area contributed by atoms with E-state index in [4.69, 9.17) is 0 Å². The Morgan fingerprint density at radius 1 is 0.125 bits per heavy atom. The zero-order valence-electron chi connectivity index (χ0n) is 26.3. The molecule has 0 unspecified atom stereocenters. The molecule has 0 saturated heterocycles. The van der Waals surface area contributed by atoms with Crippen LogP contribution in [0.1, 0.15) is 0 Å². The Balaban J connectivity index is 0.000000125. The summed E-state index contributed by atoms with van der Waals surface area (Å²) in [6.07, 6.45) is 0. The van der Waals surface area contributed by atoms with Crippen LogP contribution < -0.4 is 0 Å². The molecule has 0 amide bonds. The first-order valence-electron chi connectivity index (χ1n) is 16.6. The quantitative estimate of drug-likeness (QED) is 0.151. The standard InChI is InChI=1S/C26H16.C22H14/c1-2-6-18-10-22-14-26-16-24-12-20-8-4-3-7-19(20)11-23(24)15-25(26)13-21(22)9-17(18)5-1;1-2-6-16-10-20-14-22-12-18-8-4-3-7-17(18)11-21(22)13-19(20)9-15(16)5-1/h1-16H;1-14H. The number of hydrogen-bond acceptors (Lipinski definition) is 0. The largest absolute Gasteiger partial charge is 0.0616 e. The summed E-state index contributed by atoms with van der Waals surface area (Å²) < 4.78 is 0. The third-order valence-corrected chi connectivity index (χ3v) is 10.0. The molecule has 0 aliphatic carbocycles. The molecule has 0 saturated carbocycles. The molecule has 0 aliphatic heterocycles. The van der Waals surface area contributed by atoms with Crippen LogP contribution in [0.3, 0.4) is 0 Å². The lowest BCUT2D eigenvalue weighted by Crippen LogP contribution is -1.81. The number of benzene rings is 11. The molecule has 0 fully saturated rings. The molecule has 0 nitrogen and oxygen atoms in total. The van der Waals surface area contributed by atoms with Crippen molar-refractivity contribution in [1.82, 2.24) is 0 Å². The molecule has 11 aromatic rings. The Hall–Kier alpha value is -6.24. The van der Waals surface area contributed by atoms with E-state index in [0.29, 0.717) is 0 Å². The van der Waals surface area contributed by atoms with Gasteiger partial charge in [-0.25, -0.2) is 0 Å². The minimum atomic E-state index is 1.30. The number of fused-ring (bicyclic) bond motifs is 9. The maximum Gasteiger partial charge on any atom is -0.0171 e. The smallest absolute Gasteiger partial charge is 0.0171 e. The van der Waals surface area contributed by atoms with Gasteiger partial charge in [0.05, 0.1) is 0 Å². The van der Waals surface area contributed by atoms with E-state index < -0.39 is 0 Å². The van der Waals surface area contributed by atoms with Gasteiger partial charge in [0.2, 0.25) is 0 Å². The van der Waals surface area contributed by atoms with Crippen LogP contribution in [0, 0.1) is 0 Å². The van der Waals surface area contributed by atoms with Gasteiger partial charge in [-0.3, -0.25) is 0 Å². The minimum Gasteiger partial charge on any atom is -0.0616 e. The maximum atomic E-state index is 2.33. The lowest BCUT2D eigenvalue weighted by molar-refractivity contribution is 1.78. The monoisotopic (exact) mass is 606 g/mol. The molecule has 222 valence electrons. The van der Waals surface area contributed by atoms with Gasteiger partial charge >= 0.3 is 0 Å². The van der Waals surface area contributed by atoms with E-state index in [1.807, 2.05) is 0 Å². The van der Waals surface area contributed by atoms with Gasteiger partial charge in [-0.05, 0) is 182 Å². The van der Waals surface area contributed by atoms with Gasteiger partial charge in [0.15, 0.2) is 0 Å². The molecule has 0 bridgehead atoms. The summed E-state index contributed by atoms with van der Waals surface area (Å²) in [6.45, 7) is 0. The number of rotatable bonds is 0. The molecular formula is C48H30. The van der Waals surface area contributed by atoms with Crippen molar-refractivity contribution in [3.05, 3.63) is 182 Å². The van der Waals surface area contributed by atoms with Gasteiger partial charge in [-0.15, -0.1) is 0 Å². The fourth-order valence-corrected chi connectivity index (χ4v) is 7.52. The van der Waals surface area contributed by atoms with Gasteiger partial charge < -0.3 is 0 Å². The van der Waals surface area contributed by atoms with Gasteiger partial charge in [0, 0.05) is 0 Å². The fourth-order valence-electron chi connectivity index (χ4n) is 7.52. The van der Waals surface area contributed by atoms with E-state index in [9.17, 15) is 0 Å². The van der Waals surface area contributed by atoms with Crippen molar-refractivity contribution in [1.29, 1.82) is 0 Å². The van der Waals surface area contributed by atoms with E-state index in [0.717, 1.165) is 0 Å². The molecule has 0 atom stereocenters. The van der Waals surface area contributed by atoms with Crippen molar-refractivity contribution in [2.45, 2.75) is 0 Å². The minimum absolute atomic E-state index is 1.30. The van der Waals surface area contributed by atoms with Crippen molar-refractivity contribution < 1.29 is 0 Å². The molecule has 11 aromatic carbocycles. The van der Waals surface area contributed by atoms with Crippen molar-refractivity contribution in [3.8, 4) is 0 Å². The first-order chi connectivity index (χ1) is 23.7. The van der Waals surface area contributed by atoms with Gasteiger partial charge in [0.25, 0.3) is 0 Å². The maximum absolute atomic E-state index is 2.33. The second kappa shape index (κ2) is 10.7. The highest BCUT2D eigenvalue weighted by atomic mass is 14.1. The highest BCUT2D eigenvalue weighted by Gasteiger charge is 2.05. The molecule has 0 N–H and O–H groups in total. The van der Waals surface area contributed by atoms with E-state index in [1.54, 1.807) is 0 Å². The molecule has 0 heterocycles. The second-order valence-electron chi connectivity index (χ2n) is 13.1. The van der Waals surface area contributed by atoms with Gasteiger partial charge in [-0.1, -0.05) is 97.1 Å². The lowest BCUT2D eigenvalue weighted by Gasteiger charge is -2.08. The van der Waals surface area contributed by atoms with Crippen molar-refractivity contribution in [3.63, 3.8) is 0 Å². The van der Waals surface area contributed by atoms with Crippen LogP contribution in [0.2, 0.25) is 0 Å². The van der Waals surface area contributed by atoms with E-state index in [2.05, 4.69) is 182 Å². The summed E-state index contributed by atoms with van der Waals surface area (Å²) in [6, 6.07) is 66.6. The average Bonchev–Trinajstić information content (AvgIpc) is 3.12.